The molecule has 1 aromatic carbocycles. The first-order chi connectivity index (χ1) is 11.4. The summed E-state index contributed by atoms with van der Waals surface area (Å²) in [5.41, 5.74) is 1.13. The Hall–Kier alpha value is -1.36. The fourth-order valence-electron chi connectivity index (χ4n) is 3.13. The molecular weight excluding hydrogens is 368 g/mol. The molecule has 1 atom stereocenters. The molecule has 0 spiro atoms. The van der Waals surface area contributed by atoms with Crippen molar-refractivity contribution in [2.45, 2.75) is 46.1 Å². The minimum absolute atomic E-state index is 0.00529. The van der Waals surface area contributed by atoms with E-state index in [1.54, 1.807) is 0 Å². The van der Waals surface area contributed by atoms with Crippen LogP contribution in [0.1, 0.15) is 51.6 Å². The van der Waals surface area contributed by atoms with Crippen molar-refractivity contribution in [3.05, 3.63) is 34.3 Å². The van der Waals surface area contributed by atoms with Crippen LogP contribution in [0.5, 0.6) is 0 Å². The van der Waals surface area contributed by atoms with Gasteiger partial charge in [-0.3, -0.25) is 9.59 Å². The third-order valence-corrected chi connectivity index (χ3v) is 5.20. The van der Waals surface area contributed by atoms with E-state index in [-0.39, 0.29) is 29.7 Å². The van der Waals surface area contributed by atoms with Crippen molar-refractivity contribution < 1.29 is 9.59 Å². The topological polar surface area (TPSA) is 49.4 Å². The van der Waals surface area contributed by atoms with Gasteiger partial charge in [-0.1, -0.05) is 48.8 Å². The molecule has 1 aliphatic rings. The minimum atomic E-state index is 0.00529. The lowest BCUT2D eigenvalue weighted by molar-refractivity contribution is -0.138. The van der Waals surface area contributed by atoms with Crippen molar-refractivity contribution in [2.24, 2.45) is 11.8 Å². The standard InChI is InChI=1S/C19H27BrN2O2/c1-4-17(14-5-7-16(20)8-6-14)21-18(23)15-9-11-22(12-10-15)19(24)13(2)3/h5-8,13,15,17H,4,9-12H2,1-3H3,(H,21,23). The molecule has 1 saturated heterocycles. The number of piperidine rings is 1. The van der Waals surface area contributed by atoms with E-state index in [4.69, 9.17) is 0 Å². The second-order valence-corrected chi connectivity index (χ2v) is 7.69. The van der Waals surface area contributed by atoms with E-state index in [1.807, 2.05) is 43.0 Å². The zero-order valence-corrected chi connectivity index (χ0v) is 16.3. The van der Waals surface area contributed by atoms with Crippen LogP contribution < -0.4 is 5.32 Å². The summed E-state index contributed by atoms with van der Waals surface area (Å²) in [5.74, 6) is 0.333. The predicted molar refractivity (Wildman–Crippen MR) is 99.5 cm³/mol. The number of hydrogen-bond acceptors (Lipinski definition) is 2. The fraction of sp³-hybridized carbons (Fsp3) is 0.579. The molecule has 1 aliphatic heterocycles. The summed E-state index contributed by atoms with van der Waals surface area (Å²) >= 11 is 3.44. The van der Waals surface area contributed by atoms with Crippen LogP contribution in [0, 0.1) is 11.8 Å². The lowest BCUT2D eigenvalue weighted by Gasteiger charge is -2.33. The first-order valence-corrected chi connectivity index (χ1v) is 9.56. The fourth-order valence-corrected chi connectivity index (χ4v) is 3.40. The Morgan fingerprint density at radius 2 is 1.79 bits per heavy atom. The number of rotatable bonds is 5. The molecule has 1 heterocycles. The molecule has 0 aromatic heterocycles. The first kappa shape index (κ1) is 19.0. The summed E-state index contributed by atoms with van der Waals surface area (Å²) in [7, 11) is 0. The quantitative estimate of drug-likeness (QED) is 0.822. The van der Waals surface area contributed by atoms with E-state index in [1.165, 1.54) is 0 Å². The molecule has 1 fully saturated rings. The van der Waals surface area contributed by atoms with Gasteiger partial charge in [0.15, 0.2) is 0 Å². The van der Waals surface area contributed by atoms with E-state index >= 15 is 0 Å². The highest BCUT2D eigenvalue weighted by Crippen LogP contribution is 2.23. The lowest BCUT2D eigenvalue weighted by Crippen LogP contribution is -2.44. The van der Waals surface area contributed by atoms with Crippen LogP contribution in [-0.2, 0) is 9.59 Å². The van der Waals surface area contributed by atoms with Gasteiger partial charge in [0, 0.05) is 29.4 Å². The van der Waals surface area contributed by atoms with Gasteiger partial charge in [-0.05, 0) is 37.0 Å². The normalized spacial score (nSPS) is 17.0. The molecule has 4 nitrogen and oxygen atoms in total. The third kappa shape index (κ3) is 4.82. The molecule has 0 aliphatic carbocycles. The number of amides is 2. The number of benzene rings is 1. The Morgan fingerprint density at radius 1 is 1.21 bits per heavy atom. The maximum absolute atomic E-state index is 12.6. The van der Waals surface area contributed by atoms with E-state index in [0.29, 0.717) is 13.1 Å². The summed E-state index contributed by atoms with van der Waals surface area (Å²) in [5, 5.41) is 3.18. The summed E-state index contributed by atoms with van der Waals surface area (Å²) in [4.78, 5) is 26.5. The van der Waals surface area contributed by atoms with E-state index < -0.39 is 0 Å². The molecule has 5 heteroatoms. The van der Waals surface area contributed by atoms with Crippen LogP contribution in [-0.4, -0.2) is 29.8 Å². The summed E-state index contributed by atoms with van der Waals surface area (Å²) in [6.07, 6.45) is 2.36. The number of carbonyl (C=O) groups is 2. The van der Waals surface area contributed by atoms with E-state index in [9.17, 15) is 9.59 Å². The van der Waals surface area contributed by atoms with Gasteiger partial charge in [-0.25, -0.2) is 0 Å². The number of likely N-dealkylation sites (tertiary alicyclic amines) is 1. The zero-order chi connectivity index (χ0) is 17.7. The molecule has 0 bridgehead atoms. The third-order valence-electron chi connectivity index (χ3n) is 4.67. The highest BCUT2D eigenvalue weighted by molar-refractivity contribution is 9.10. The Kier molecular flexibility index (Phi) is 6.84. The molecular formula is C19H27BrN2O2. The average molecular weight is 395 g/mol. The highest BCUT2D eigenvalue weighted by atomic mass is 79.9. The molecule has 1 unspecified atom stereocenters. The van der Waals surface area contributed by atoms with Crippen molar-refractivity contribution in [1.82, 2.24) is 10.2 Å². The second kappa shape index (κ2) is 8.65. The smallest absolute Gasteiger partial charge is 0.225 e. The number of halogens is 1. The van der Waals surface area contributed by atoms with Crippen molar-refractivity contribution in [3.8, 4) is 0 Å². The van der Waals surface area contributed by atoms with Gasteiger partial charge >= 0.3 is 0 Å². The molecule has 24 heavy (non-hydrogen) atoms. The summed E-state index contributed by atoms with van der Waals surface area (Å²) in [6.45, 7) is 7.29. The molecule has 0 saturated carbocycles. The molecule has 1 N–H and O–H groups in total. The molecule has 2 amide bonds. The maximum atomic E-state index is 12.6. The Morgan fingerprint density at radius 3 is 2.29 bits per heavy atom. The summed E-state index contributed by atoms with van der Waals surface area (Å²) in [6, 6.07) is 8.13. The summed E-state index contributed by atoms with van der Waals surface area (Å²) < 4.78 is 1.04. The molecule has 1 aromatic rings. The Balaban J connectivity index is 1.90. The first-order valence-electron chi connectivity index (χ1n) is 8.77. The van der Waals surface area contributed by atoms with Crippen LogP contribution in [0.4, 0.5) is 0 Å². The number of hydrogen-bond donors (Lipinski definition) is 1. The van der Waals surface area contributed by atoms with Crippen LogP contribution >= 0.6 is 15.9 Å². The van der Waals surface area contributed by atoms with Gasteiger partial charge in [-0.15, -0.1) is 0 Å². The van der Waals surface area contributed by atoms with Gasteiger partial charge in [0.1, 0.15) is 0 Å². The van der Waals surface area contributed by atoms with Crippen LogP contribution in [0.15, 0.2) is 28.7 Å². The number of nitrogens with zero attached hydrogens (tertiary/aromatic N) is 1. The minimum Gasteiger partial charge on any atom is -0.349 e. The molecule has 2 rings (SSSR count). The van der Waals surface area contributed by atoms with Gasteiger partial charge < -0.3 is 10.2 Å². The van der Waals surface area contributed by atoms with E-state index in [0.717, 1.165) is 29.3 Å². The lowest BCUT2D eigenvalue weighted by atomic mass is 9.94. The molecule has 132 valence electrons. The van der Waals surface area contributed by atoms with Crippen molar-refractivity contribution >= 4 is 27.7 Å². The largest absolute Gasteiger partial charge is 0.349 e. The highest BCUT2D eigenvalue weighted by Gasteiger charge is 2.29. The van der Waals surface area contributed by atoms with Gasteiger partial charge in [-0.2, -0.15) is 0 Å². The van der Waals surface area contributed by atoms with Crippen LogP contribution in [0.25, 0.3) is 0 Å². The monoisotopic (exact) mass is 394 g/mol. The molecule has 0 radical (unpaired) electrons. The van der Waals surface area contributed by atoms with E-state index in [2.05, 4.69) is 28.2 Å². The van der Waals surface area contributed by atoms with Crippen LogP contribution in [0.3, 0.4) is 0 Å². The van der Waals surface area contributed by atoms with Crippen molar-refractivity contribution in [2.75, 3.05) is 13.1 Å². The van der Waals surface area contributed by atoms with Gasteiger partial charge in [0.05, 0.1) is 6.04 Å². The Labute approximate surface area is 153 Å². The Bertz CT molecular complexity index is 563. The number of nitrogens with one attached hydrogen (secondary N) is 1. The second-order valence-electron chi connectivity index (χ2n) is 6.78. The SMILES string of the molecule is CCC(NC(=O)C1CCN(C(=O)C(C)C)CC1)c1ccc(Br)cc1. The average Bonchev–Trinajstić information content (AvgIpc) is 2.59. The predicted octanol–water partition coefficient (Wildman–Crippen LogP) is 3.91. The maximum Gasteiger partial charge on any atom is 0.225 e. The number of carbonyl (C=O) groups excluding carboxylic acids is 2. The van der Waals surface area contributed by atoms with Gasteiger partial charge in [0.2, 0.25) is 11.8 Å². The zero-order valence-electron chi connectivity index (χ0n) is 14.7. The van der Waals surface area contributed by atoms with Crippen molar-refractivity contribution in [3.63, 3.8) is 0 Å². The van der Waals surface area contributed by atoms with Crippen molar-refractivity contribution in [1.29, 1.82) is 0 Å². The van der Waals surface area contributed by atoms with Crippen LogP contribution in [0.2, 0.25) is 0 Å². The van der Waals surface area contributed by atoms with Gasteiger partial charge in [0.25, 0.3) is 0 Å².